The second-order valence-corrected chi connectivity index (χ2v) is 27.7. The fraction of sp³-hybridized carbons (Fsp3) is 0.512. The second kappa shape index (κ2) is 43.7. The molecular formula is C86H118O10. The van der Waals surface area contributed by atoms with Crippen LogP contribution in [-0.4, -0.2) is 66.1 Å². The van der Waals surface area contributed by atoms with Crippen LogP contribution in [0.15, 0.2) is 158 Å². The number of unbranched alkanes of at least 4 members (excludes halogenated alkanes) is 14. The number of hydrogen-bond donors (Lipinski definition) is 0. The van der Waals surface area contributed by atoms with Crippen LogP contribution in [0.1, 0.15) is 217 Å². The van der Waals surface area contributed by atoms with Crippen molar-refractivity contribution in [1.82, 2.24) is 0 Å². The van der Waals surface area contributed by atoms with Crippen LogP contribution in [-0.2, 0) is 36.5 Å². The highest BCUT2D eigenvalue weighted by Crippen LogP contribution is 2.30. The Hall–Kier alpha value is -7.46. The van der Waals surface area contributed by atoms with Crippen molar-refractivity contribution >= 4 is 0 Å². The van der Waals surface area contributed by atoms with Gasteiger partial charge in [0, 0.05) is 25.0 Å². The zero-order chi connectivity index (χ0) is 67.7. The van der Waals surface area contributed by atoms with Crippen molar-refractivity contribution in [2.75, 3.05) is 66.1 Å². The molecule has 0 atom stereocenters. The van der Waals surface area contributed by atoms with E-state index in [0.717, 1.165) is 161 Å². The standard InChI is InChI=1S/C86H118O10/c1-9-69-33-41-75(42-34-69)87-53-23-19-15-11-13-17-21-25-55-93-81-63-71(65-83(67-81)95-61-29-59-91-77-45-37-73(38-46-77)85(3,4)5)31-27-57-89-79-49-51-80(52-50-79)90-58-28-32-72-64-82(68-84(66-72)96-62-30-60-92-78-47-39-74(40-48-78)86(6,7)8)94-56-26-22-18-14-12-16-20-24-54-88-76-43-35-70(10-2)36-44-76/h33-52,63-68H,9-32,53-62H2,1-8H3. The Bertz CT molecular complexity index is 2930. The molecule has 7 aromatic rings. The molecule has 0 heterocycles. The summed E-state index contributed by atoms with van der Waals surface area (Å²) >= 11 is 0. The average molecular weight is 1310 g/mol. The van der Waals surface area contributed by atoms with Gasteiger partial charge in [-0.2, -0.15) is 0 Å². The maximum absolute atomic E-state index is 6.39. The van der Waals surface area contributed by atoms with Gasteiger partial charge in [-0.15, -0.1) is 0 Å². The summed E-state index contributed by atoms with van der Waals surface area (Å²) in [6.07, 6.45) is 26.0. The van der Waals surface area contributed by atoms with E-state index in [-0.39, 0.29) is 10.8 Å². The minimum Gasteiger partial charge on any atom is -0.494 e. The number of benzene rings is 7. The molecule has 96 heavy (non-hydrogen) atoms. The summed E-state index contributed by atoms with van der Waals surface area (Å²) in [4.78, 5) is 0. The molecule has 0 aromatic heterocycles. The van der Waals surface area contributed by atoms with E-state index in [1.54, 1.807) is 0 Å². The fourth-order valence-electron chi connectivity index (χ4n) is 11.4. The van der Waals surface area contributed by atoms with Gasteiger partial charge >= 0.3 is 0 Å². The molecule has 7 rings (SSSR count). The molecule has 0 radical (unpaired) electrons. The molecule has 0 aliphatic carbocycles. The van der Waals surface area contributed by atoms with Crippen molar-refractivity contribution in [3.63, 3.8) is 0 Å². The number of hydrogen-bond acceptors (Lipinski definition) is 10. The Morgan fingerprint density at radius 1 is 0.198 bits per heavy atom. The molecule has 7 aromatic carbocycles. The van der Waals surface area contributed by atoms with Crippen molar-refractivity contribution in [2.24, 2.45) is 0 Å². The van der Waals surface area contributed by atoms with E-state index in [9.17, 15) is 0 Å². The molecule has 522 valence electrons. The summed E-state index contributed by atoms with van der Waals surface area (Å²) < 4.78 is 62.0. The lowest BCUT2D eigenvalue weighted by molar-refractivity contribution is 0.245. The molecular weight excluding hydrogens is 1190 g/mol. The first kappa shape index (κ1) is 75.9. The summed E-state index contributed by atoms with van der Waals surface area (Å²) in [5.41, 5.74) is 7.83. The van der Waals surface area contributed by atoms with Crippen LogP contribution in [0.3, 0.4) is 0 Å². The molecule has 0 aliphatic heterocycles. The Balaban J connectivity index is 0.804. The molecule has 10 nitrogen and oxygen atoms in total. The topological polar surface area (TPSA) is 92.3 Å². The first-order valence-corrected chi connectivity index (χ1v) is 36.8. The fourth-order valence-corrected chi connectivity index (χ4v) is 11.4. The second-order valence-electron chi connectivity index (χ2n) is 27.7. The molecule has 0 saturated carbocycles. The summed E-state index contributed by atoms with van der Waals surface area (Å²) in [5.74, 6) is 8.71. The zero-order valence-electron chi connectivity index (χ0n) is 60.1. The van der Waals surface area contributed by atoms with E-state index < -0.39 is 0 Å². The lowest BCUT2D eigenvalue weighted by Gasteiger charge is -2.19. The first-order valence-electron chi connectivity index (χ1n) is 36.8. The van der Waals surface area contributed by atoms with Crippen LogP contribution in [0, 0.1) is 0 Å². The van der Waals surface area contributed by atoms with E-state index in [4.69, 9.17) is 47.4 Å². The molecule has 0 saturated heterocycles. The number of ether oxygens (including phenoxy) is 10. The molecule has 0 unspecified atom stereocenters. The third kappa shape index (κ3) is 31.2. The van der Waals surface area contributed by atoms with Gasteiger partial charge in [-0.3, -0.25) is 0 Å². The normalized spacial score (nSPS) is 11.5. The Kier molecular flexibility index (Phi) is 34.5. The molecule has 0 amide bonds. The van der Waals surface area contributed by atoms with E-state index >= 15 is 0 Å². The molecule has 0 fully saturated rings. The quantitative estimate of drug-likeness (QED) is 0.0343. The van der Waals surface area contributed by atoms with Crippen molar-refractivity contribution < 1.29 is 47.4 Å². The maximum Gasteiger partial charge on any atom is 0.123 e. The zero-order valence-corrected chi connectivity index (χ0v) is 60.1. The predicted molar refractivity (Wildman–Crippen MR) is 396 cm³/mol. The Morgan fingerprint density at radius 2 is 0.396 bits per heavy atom. The largest absolute Gasteiger partial charge is 0.494 e. The van der Waals surface area contributed by atoms with Crippen LogP contribution in [0.2, 0.25) is 0 Å². The molecule has 10 heteroatoms. The summed E-state index contributed by atoms with van der Waals surface area (Å²) in [7, 11) is 0. The van der Waals surface area contributed by atoms with Crippen molar-refractivity contribution in [3.8, 4) is 57.5 Å². The number of rotatable bonds is 50. The van der Waals surface area contributed by atoms with Gasteiger partial charge in [0.05, 0.1) is 66.1 Å². The van der Waals surface area contributed by atoms with E-state index in [2.05, 4.69) is 177 Å². The highest BCUT2D eigenvalue weighted by molar-refractivity contribution is 5.40. The predicted octanol–water partition coefficient (Wildman–Crippen LogP) is 22.3. The number of aryl methyl sites for hydroxylation is 4. The van der Waals surface area contributed by atoms with Gasteiger partial charge in [0.15, 0.2) is 0 Å². The van der Waals surface area contributed by atoms with Gasteiger partial charge in [-0.25, -0.2) is 0 Å². The highest BCUT2D eigenvalue weighted by atomic mass is 16.5. The maximum atomic E-state index is 6.39. The van der Waals surface area contributed by atoms with E-state index in [1.165, 1.54) is 97.6 Å². The minimum absolute atomic E-state index is 0.108. The molecule has 0 spiro atoms. The highest BCUT2D eigenvalue weighted by Gasteiger charge is 2.15. The van der Waals surface area contributed by atoms with Gasteiger partial charge in [-0.05, 0) is 205 Å². The minimum atomic E-state index is 0.108. The lowest BCUT2D eigenvalue weighted by atomic mass is 9.87. The van der Waals surface area contributed by atoms with Gasteiger partial charge in [0.25, 0.3) is 0 Å². The molecule has 0 aliphatic rings. The summed E-state index contributed by atoms with van der Waals surface area (Å²) in [5, 5.41) is 0. The van der Waals surface area contributed by atoms with Crippen molar-refractivity contribution in [2.45, 2.75) is 220 Å². The third-order valence-electron chi connectivity index (χ3n) is 17.4. The monoisotopic (exact) mass is 1310 g/mol. The summed E-state index contributed by atoms with van der Waals surface area (Å²) in [6.45, 7) is 24.1. The van der Waals surface area contributed by atoms with Crippen LogP contribution >= 0.6 is 0 Å². The van der Waals surface area contributed by atoms with Gasteiger partial charge in [0.1, 0.15) is 57.5 Å². The molecule has 0 bridgehead atoms. The van der Waals surface area contributed by atoms with Crippen molar-refractivity contribution in [3.05, 3.63) is 191 Å². The molecule has 0 N–H and O–H groups in total. The summed E-state index contributed by atoms with van der Waals surface area (Å²) in [6, 6.07) is 54.5. The van der Waals surface area contributed by atoms with Crippen LogP contribution in [0.25, 0.3) is 0 Å². The Labute approximate surface area is 579 Å². The van der Waals surface area contributed by atoms with Gasteiger partial charge in [-0.1, -0.05) is 181 Å². The van der Waals surface area contributed by atoms with E-state index in [0.29, 0.717) is 52.9 Å². The third-order valence-corrected chi connectivity index (χ3v) is 17.4. The van der Waals surface area contributed by atoms with Crippen LogP contribution < -0.4 is 47.4 Å². The van der Waals surface area contributed by atoms with Crippen LogP contribution in [0.5, 0.6) is 57.5 Å². The van der Waals surface area contributed by atoms with Gasteiger partial charge in [0.2, 0.25) is 0 Å². The van der Waals surface area contributed by atoms with Crippen LogP contribution in [0.4, 0.5) is 0 Å². The average Bonchev–Trinajstić information content (AvgIpc) is 1.58. The SMILES string of the molecule is CCc1ccc(OCCCCCCCCCCOc2cc(CCCOc3ccc(OCCCc4cc(OCCCCCCCCCCOc5ccc(CC)cc5)cc(OCCCOc5ccc(C(C)(C)C)cc5)c4)cc3)cc(OCCCOc3ccc(C(C)(C)C)cc3)c2)cc1. The first-order chi connectivity index (χ1) is 46.8. The Morgan fingerprint density at radius 3 is 0.635 bits per heavy atom. The van der Waals surface area contributed by atoms with E-state index in [1.807, 2.05) is 36.4 Å². The van der Waals surface area contributed by atoms with Gasteiger partial charge < -0.3 is 47.4 Å². The smallest absolute Gasteiger partial charge is 0.123 e. The lowest BCUT2D eigenvalue weighted by Crippen LogP contribution is -2.10. The van der Waals surface area contributed by atoms with Crippen molar-refractivity contribution in [1.29, 1.82) is 0 Å².